The zero-order valence-corrected chi connectivity index (χ0v) is 21.9. The SMILES string of the molecule is CCCN(Cc1ccc(OC(F)(F)F)cc1)c1c2c(nc3c(-c4ccc(OC)cc4Cl)c(C)nn13)COC2. The Balaban J connectivity index is 1.60. The maximum Gasteiger partial charge on any atom is 0.573 e. The standard InChI is InChI=1S/C27H26ClF3N4O3/c1-4-11-34(13-17-5-7-18(8-6-17)38-27(29,30)31)26-21-14-37-15-23(21)32-25-24(16(2)33-35(25)26)20-10-9-19(36-3)12-22(20)28/h5-10,12H,4,11,13-15H2,1-3H3. The van der Waals surface area contributed by atoms with Gasteiger partial charge in [-0.1, -0.05) is 30.7 Å². The molecule has 7 nitrogen and oxygen atoms in total. The number of hydrogen-bond donors (Lipinski definition) is 0. The first-order chi connectivity index (χ1) is 18.2. The highest BCUT2D eigenvalue weighted by Gasteiger charge is 2.31. The second-order valence-corrected chi connectivity index (χ2v) is 9.42. The molecule has 2 aromatic heterocycles. The van der Waals surface area contributed by atoms with Crippen molar-refractivity contribution in [3.8, 4) is 22.6 Å². The molecule has 0 bridgehead atoms. The van der Waals surface area contributed by atoms with E-state index in [1.54, 1.807) is 25.3 Å². The van der Waals surface area contributed by atoms with Crippen LogP contribution < -0.4 is 14.4 Å². The van der Waals surface area contributed by atoms with E-state index in [1.165, 1.54) is 12.1 Å². The van der Waals surface area contributed by atoms with Crippen LogP contribution in [-0.4, -0.2) is 34.6 Å². The summed E-state index contributed by atoms with van der Waals surface area (Å²) in [6.07, 6.45) is -3.90. The number of fused-ring (bicyclic) bond motifs is 2. The first-order valence-electron chi connectivity index (χ1n) is 12.1. The highest BCUT2D eigenvalue weighted by Crippen LogP contribution is 2.39. The summed E-state index contributed by atoms with van der Waals surface area (Å²) in [7, 11) is 1.59. The summed E-state index contributed by atoms with van der Waals surface area (Å²) in [5.41, 5.74) is 5.63. The Morgan fingerprint density at radius 1 is 1.11 bits per heavy atom. The third-order valence-corrected chi connectivity index (χ3v) is 6.66. The number of benzene rings is 2. The van der Waals surface area contributed by atoms with E-state index in [-0.39, 0.29) is 5.75 Å². The minimum Gasteiger partial charge on any atom is -0.497 e. The van der Waals surface area contributed by atoms with Gasteiger partial charge in [0.05, 0.1) is 42.3 Å². The van der Waals surface area contributed by atoms with E-state index in [1.807, 2.05) is 23.6 Å². The van der Waals surface area contributed by atoms with Crippen LogP contribution in [0, 0.1) is 6.92 Å². The van der Waals surface area contributed by atoms with Crippen molar-refractivity contribution >= 4 is 23.1 Å². The van der Waals surface area contributed by atoms with E-state index in [9.17, 15) is 13.2 Å². The van der Waals surface area contributed by atoms with Gasteiger partial charge in [-0.25, -0.2) is 4.98 Å². The van der Waals surface area contributed by atoms with Gasteiger partial charge in [-0.3, -0.25) is 0 Å². The topological polar surface area (TPSA) is 61.1 Å². The number of ether oxygens (including phenoxy) is 3. The third kappa shape index (κ3) is 5.10. The predicted molar refractivity (Wildman–Crippen MR) is 138 cm³/mol. The molecule has 0 saturated carbocycles. The van der Waals surface area contributed by atoms with Gasteiger partial charge < -0.3 is 19.1 Å². The fourth-order valence-electron chi connectivity index (χ4n) is 4.75. The third-order valence-electron chi connectivity index (χ3n) is 6.35. The van der Waals surface area contributed by atoms with Crippen molar-refractivity contribution in [2.24, 2.45) is 0 Å². The predicted octanol–water partition coefficient (Wildman–Crippen LogP) is 6.71. The van der Waals surface area contributed by atoms with Gasteiger partial charge in [-0.2, -0.15) is 9.61 Å². The molecule has 0 amide bonds. The minimum absolute atomic E-state index is 0.257. The van der Waals surface area contributed by atoms with Crippen LogP contribution in [0.1, 0.15) is 35.9 Å². The van der Waals surface area contributed by atoms with Gasteiger partial charge in [0, 0.05) is 24.2 Å². The van der Waals surface area contributed by atoms with Crippen LogP contribution in [0.3, 0.4) is 0 Å². The number of anilines is 1. The van der Waals surface area contributed by atoms with E-state index >= 15 is 0 Å². The number of rotatable bonds is 8. The molecule has 2 aromatic carbocycles. The molecule has 11 heteroatoms. The lowest BCUT2D eigenvalue weighted by Crippen LogP contribution is -2.27. The quantitative estimate of drug-likeness (QED) is 0.245. The molecule has 5 rings (SSSR count). The fourth-order valence-corrected chi connectivity index (χ4v) is 5.01. The first kappa shape index (κ1) is 26.1. The molecule has 0 aliphatic carbocycles. The summed E-state index contributed by atoms with van der Waals surface area (Å²) in [6.45, 7) is 5.89. The van der Waals surface area contributed by atoms with Crippen molar-refractivity contribution < 1.29 is 27.4 Å². The normalized spacial score (nSPS) is 13.1. The monoisotopic (exact) mass is 546 g/mol. The first-order valence-corrected chi connectivity index (χ1v) is 12.5. The lowest BCUT2D eigenvalue weighted by atomic mass is 10.1. The van der Waals surface area contributed by atoms with Crippen LogP contribution in [0.2, 0.25) is 5.02 Å². The van der Waals surface area contributed by atoms with Crippen LogP contribution in [0.5, 0.6) is 11.5 Å². The van der Waals surface area contributed by atoms with Crippen molar-refractivity contribution in [3.63, 3.8) is 0 Å². The molecule has 0 spiro atoms. The number of nitrogens with zero attached hydrogens (tertiary/aromatic N) is 4. The molecule has 0 fully saturated rings. The number of aromatic nitrogens is 3. The van der Waals surface area contributed by atoms with Gasteiger partial charge in [-0.15, -0.1) is 13.2 Å². The number of hydrogen-bond acceptors (Lipinski definition) is 6. The van der Waals surface area contributed by atoms with Gasteiger partial charge in [0.15, 0.2) is 5.65 Å². The Morgan fingerprint density at radius 2 is 1.84 bits per heavy atom. The Kier molecular flexibility index (Phi) is 7.11. The number of alkyl halides is 3. The Labute approximate surface area is 222 Å². The van der Waals surface area contributed by atoms with Gasteiger partial charge in [-0.05, 0) is 49.2 Å². The highest BCUT2D eigenvalue weighted by atomic mass is 35.5. The summed E-state index contributed by atoms with van der Waals surface area (Å²) < 4.78 is 54.7. The van der Waals surface area contributed by atoms with Gasteiger partial charge in [0.2, 0.25) is 0 Å². The second kappa shape index (κ2) is 10.3. The number of halogens is 4. The van der Waals surface area contributed by atoms with E-state index in [0.717, 1.165) is 45.9 Å². The summed E-state index contributed by atoms with van der Waals surface area (Å²) in [5, 5.41) is 5.39. The zero-order chi connectivity index (χ0) is 27.0. The Hall–Kier alpha value is -3.50. The van der Waals surface area contributed by atoms with Crippen molar-refractivity contribution in [2.75, 3.05) is 18.6 Å². The van der Waals surface area contributed by atoms with Crippen LogP contribution >= 0.6 is 11.6 Å². The molecule has 4 aromatic rings. The molecule has 0 N–H and O–H groups in total. The smallest absolute Gasteiger partial charge is 0.497 e. The largest absolute Gasteiger partial charge is 0.573 e. The molecule has 1 aliphatic rings. The molecular formula is C27H26ClF3N4O3. The van der Waals surface area contributed by atoms with Crippen LogP contribution in [-0.2, 0) is 24.5 Å². The van der Waals surface area contributed by atoms with Crippen molar-refractivity contribution in [2.45, 2.75) is 46.4 Å². The van der Waals surface area contributed by atoms with Crippen molar-refractivity contribution in [1.82, 2.24) is 14.6 Å². The Morgan fingerprint density at radius 3 is 2.50 bits per heavy atom. The lowest BCUT2D eigenvalue weighted by molar-refractivity contribution is -0.274. The molecule has 38 heavy (non-hydrogen) atoms. The zero-order valence-electron chi connectivity index (χ0n) is 21.1. The van der Waals surface area contributed by atoms with Crippen molar-refractivity contribution in [3.05, 3.63) is 70.0 Å². The highest BCUT2D eigenvalue weighted by molar-refractivity contribution is 6.33. The maximum atomic E-state index is 12.6. The molecule has 0 unspecified atom stereocenters. The van der Waals surface area contributed by atoms with Crippen LogP contribution in [0.15, 0.2) is 42.5 Å². The van der Waals surface area contributed by atoms with Crippen LogP contribution in [0.25, 0.3) is 16.8 Å². The second-order valence-electron chi connectivity index (χ2n) is 9.01. The Bertz CT molecular complexity index is 1470. The lowest BCUT2D eigenvalue weighted by Gasteiger charge is -2.27. The summed E-state index contributed by atoms with van der Waals surface area (Å²) in [4.78, 5) is 7.09. The molecule has 200 valence electrons. The summed E-state index contributed by atoms with van der Waals surface area (Å²) in [5.74, 6) is 1.24. The van der Waals surface area contributed by atoms with Gasteiger partial charge >= 0.3 is 6.36 Å². The summed E-state index contributed by atoms with van der Waals surface area (Å²) >= 11 is 6.64. The minimum atomic E-state index is -4.73. The van der Waals surface area contributed by atoms with E-state index < -0.39 is 6.36 Å². The molecular weight excluding hydrogens is 521 g/mol. The maximum absolute atomic E-state index is 12.6. The van der Waals surface area contributed by atoms with E-state index in [4.69, 9.17) is 31.2 Å². The molecule has 0 saturated heterocycles. The van der Waals surface area contributed by atoms with E-state index in [2.05, 4.69) is 16.6 Å². The molecule has 0 atom stereocenters. The number of methoxy groups -OCH3 is 1. The van der Waals surface area contributed by atoms with Gasteiger partial charge in [0.1, 0.15) is 17.3 Å². The molecule has 1 aliphatic heterocycles. The average Bonchev–Trinajstić information content (AvgIpc) is 3.46. The van der Waals surface area contributed by atoms with E-state index in [0.29, 0.717) is 42.7 Å². The number of aryl methyl sites for hydroxylation is 1. The van der Waals surface area contributed by atoms with Crippen molar-refractivity contribution in [1.29, 1.82) is 0 Å². The fraction of sp³-hybridized carbons (Fsp3) is 0.333. The van der Waals surface area contributed by atoms with Crippen LogP contribution in [0.4, 0.5) is 19.0 Å². The average molecular weight is 547 g/mol. The van der Waals surface area contributed by atoms with Gasteiger partial charge in [0.25, 0.3) is 0 Å². The summed E-state index contributed by atoms with van der Waals surface area (Å²) in [6, 6.07) is 11.4. The molecule has 0 radical (unpaired) electrons. The molecule has 3 heterocycles.